The summed E-state index contributed by atoms with van der Waals surface area (Å²) >= 11 is 0. The molecule has 10 heteroatoms. The molecule has 2 atom stereocenters. The van der Waals surface area contributed by atoms with Crippen LogP contribution in [0, 0.1) is 17.0 Å². The molecule has 1 aromatic rings. The minimum atomic E-state index is -1.09. The summed E-state index contributed by atoms with van der Waals surface area (Å²) in [6, 6.07) is 0. The summed E-state index contributed by atoms with van der Waals surface area (Å²) < 4.78 is 5.31. The minimum absolute atomic E-state index is 0.00738. The topological polar surface area (TPSA) is 148 Å². The molecule has 0 radical (unpaired) electrons. The summed E-state index contributed by atoms with van der Waals surface area (Å²) in [5.41, 5.74) is 1.08. The summed E-state index contributed by atoms with van der Waals surface area (Å²) in [5.74, 6) is 5.30. The molecular weight excluding hydrogens is 280 g/mol. The second-order valence-electron chi connectivity index (χ2n) is 4.95. The van der Waals surface area contributed by atoms with Gasteiger partial charge in [-0.05, 0) is 13.8 Å². The van der Waals surface area contributed by atoms with Crippen LogP contribution in [-0.4, -0.2) is 44.9 Å². The molecule has 2 unspecified atom stereocenters. The van der Waals surface area contributed by atoms with Gasteiger partial charge in [-0.1, -0.05) is 0 Å². The molecule has 1 fully saturated rings. The van der Waals surface area contributed by atoms with Gasteiger partial charge in [-0.25, -0.2) is 10.8 Å². The molecule has 1 aliphatic heterocycles. The molecule has 0 aromatic carbocycles. The van der Waals surface area contributed by atoms with Crippen molar-refractivity contribution in [2.75, 3.05) is 23.9 Å². The van der Waals surface area contributed by atoms with Gasteiger partial charge in [-0.2, -0.15) is 4.98 Å². The van der Waals surface area contributed by atoms with E-state index in [0.29, 0.717) is 13.0 Å². The first-order chi connectivity index (χ1) is 9.87. The Kier molecular flexibility index (Phi) is 4.21. The summed E-state index contributed by atoms with van der Waals surface area (Å²) in [6.45, 7) is 3.76. The molecule has 0 saturated carbocycles. The van der Waals surface area contributed by atoms with Crippen molar-refractivity contribution in [3.63, 3.8) is 0 Å². The van der Waals surface area contributed by atoms with Gasteiger partial charge >= 0.3 is 5.69 Å². The smallest absolute Gasteiger partial charge is 0.332 e. The zero-order valence-corrected chi connectivity index (χ0v) is 11.8. The highest BCUT2D eigenvalue weighted by atomic mass is 16.6. The Bertz CT molecular complexity index is 554. The Labute approximate surface area is 120 Å². The SMILES string of the molecule is Cc1nc(NN)nc(NCC2(O)CCOC2C)c1[N+](=O)[O-]. The molecule has 0 amide bonds. The largest absolute Gasteiger partial charge is 0.385 e. The maximum absolute atomic E-state index is 11.1. The van der Waals surface area contributed by atoms with Crippen LogP contribution in [0.4, 0.5) is 17.5 Å². The molecule has 2 rings (SSSR count). The van der Waals surface area contributed by atoms with E-state index in [4.69, 9.17) is 10.6 Å². The number of hydrogen-bond donors (Lipinski definition) is 4. The summed E-state index contributed by atoms with van der Waals surface area (Å²) in [4.78, 5) is 18.4. The maximum Gasteiger partial charge on any atom is 0.332 e. The average molecular weight is 298 g/mol. The predicted octanol–water partition coefficient (Wildman–Crippen LogP) is -0.0694. The molecule has 1 saturated heterocycles. The zero-order valence-electron chi connectivity index (χ0n) is 11.8. The first-order valence-electron chi connectivity index (χ1n) is 6.45. The quantitative estimate of drug-likeness (QED) is 0.333. The van der Waals surface area contributed by atoms with E-state index in [-0.39, 0.29) is 35.8 Å². The van der Waals surface area contributed by atoms with E-state index in [2.05, 4.69) is 20.7 Å². The number of hydrogen-bond acceptors (Lipinski definition) is 9. The van der Waals surface area contributed by atoms with Gasteiger partial charge in [0.1, 0.15) is 11.3 Å². The van der Waals surface area contributed by atoms with Crippen LogP contribution in [0.2, 0.25) is 0 Å². The summed E-state index contributed by atoms with van der Waals surface area (Å²) in [6.07, 6.45) is 0.0835. The van der Waals surface area contributed by atoms with Crippen LogP contribution >= 0.6 is 0 Å². The number of ether oxygens (including phenoxy) is 1. The summed E-state index contributed by atoms with van der Waals surface area (Å²) in [5, 5.41) is 24.3. The van der Waals surface area contributed by atoms with Crippen molar-refractivity contribution in [1.82, 2.24) is 9.97 Å². The first-order valence-corrected chi connectivity index (χ1v) is 6.45. The lowest BCUT2D eigenvalue weighted by atomic mass is 9.97. The van der Waals surface area contributed by atoms with E-state index in [0.717, 1.165) is 0 Å². The lowest BCUT2D eigenvalue weighted by Gasteiger charge is -2.26. The molecule has 10 nitrogen and oxygen atoms in total. The molecule has 21 heavy (non-hydrogen) atoms. The molecule has 116 valence electrons. The summed E-state index contributed by atoms with van der Waals surface area (Å²) in [7, 11) is 0. The van der Waals surface area contributed by atoms with Gasteiger partial charge in [0.2, 0.25) is 11.8 Å². The number of nitrogens with two attached hydrogens (primary N) is 1. The van der Waals surface area contributed by atoms with E-state index in [1.807, 2.05) is 0 Å². The third-order valence-corrected chi connectivity index (χ3v) is 3.59. The van der Waals surface area contributed by atoms with Crippen molar-refractivity contribution in [3.05, 3.63) is 15.8 Å². The van der Waals surface area contributed by atoms with Crippen molar-refractivity contribution in [2.45, 2.75) is 32.0 Å². The van der Waals surface area contributed by atoms with Crippen LogP contribution in [0.5, 0.6) is 0 Å². The zero-order chi connectivity index (χ0) is 15.6. The maximum atomic E-state index is 11.1. The van der Waals surface area contributed by atoms with Crippen molar-refractivity contribution >= 4 is 17.5 Å². The van der Waals surface area contributed by atoms with Crippen LogP contribution in [-0.2, 0) is 4.74 Å². The Morgan fingerprint density at radius 1 is 1.62 bits per heavy atom. The predicted molar refractivity (Wildman–Crippen MR) is 74.7 cm³/mol. The fourth-order valence-corrected chi connectivity index (χ4v) is 2.21. The van der Waals surface area contributed by atoms with Gasteiger partial charge in [0.15, 0.2) is 0 Å². The third kappa shape index (κ3) is 3.01. The second kappa shape index (κ2) is 5.76. The standard InChI is InChI=1S/C11H18N6O4/c1-6-8(17(19)20)9(15-10(14-6)16-12)13-5-11(18)3-4-21-7(11)2/h7,18H,3-5,12H2,1-2H3,(H2,13,14,15,16). The lowest BCUT2D eigenvalue weighted by molar-refractivity contribution is -0.385. The minimum Gasteiger partial charge on any atom is -0.385 e. The van der Waals surface area contributed by atoms with Gasteiger partial charge in [0.25, 0.3) is 0 Å². The fraction of sp³-hybridized carbons (Fsp3) is 0.636. The van der Waals surface area contributed by atoms with Crippen molar-refractivity contribution in [3.8, 4) is 0 Å². The third-order valence-electron chi connectivity index (χ3n) is 3.59. The average Bonchev–Trinajstić information content (AvgIpc) is 2.75. The fourth-order valence-electron chi connectivity index (χ4n) is 2.21. The highest BCUT2D eigenvalue weighted by molar-refractivity contribution is 5.60. The normalized spacial score (nSPS) is 24.9. The molecule has 5 N–H and O–H groups in total. The number of nitrogens with one attached hydrogen (secondary N) is 2. The number of anilines is 2. The number of nitrogens with zero attached hydrogens (tertiary/aromatic N) is 3. The van der Waals surface area contributed by atoms with Crippen LogP contribution in [0.1, 0.15) is 19.0 Å². The number of nitrogen functional groups attached to an aromatic ring is 1. The Morgan fingerprint density at radius 2 is 2.33 bits per heavy atom. The van der Waals surface area contributed by atoms with Gasteiger partial charge in [-0.3, -0.25) is 15.5 Å². The van der Waals surface area contributed by atoms with Crippen molar-refractivity contribution < 1.29 is 14.8 Å². The number of aromatic nitrogens is 2. The van der Waals surface area contributed by atoms with Crippen LogP contribution in [0.15, 0.2) is 0 Å². The Hall–Kier alpha value is -2.04. The molecule has 0 spiro atoms. The number of nitro groups is 1. The Morgan fingerprint density at radius 3 is 2.86 bits per heavy atom. The lowest BCUT2D eigenvalue weighted by Crippen LogP contribution is -2.43. The van der Waals surface area contributed by atoms with Crippen molar-refractivity contribution in [1.29, 1.82) is 0 Å². The number of rotatable bonds is 5. The molecule has 0 bridgehead atoms. The van der Waals surface area contributed by atoms with E-state index < -0.39 is 10.5 Å². The molecule has 2 heterocycles. The second-order valence-corrected chi connectivity index (χ2v) is 4.95. The molecule has 1 aliphatic rings. The van der Waals surface area contributed by atoms with Crippen molar-refractivity contribution in [2.24, 2.45) is 5.84 Å². The number of aliphatic hydroxyl groups is 1. The highest BCUT2D eigenvalue weighted by Gasteiger charge is 2.40. The monoisotopic (exact) mass is 298 g/mol. The van der Waals surface area contributed by atoms with Gasteiger partial charge in [-0.15, -0.1) is 0 Å². The van der Waals surface area contributed by atoms with E-state index in [9.17, 15) is 15.2 Å². The highest BCUT2D eigenvalue weighted by Crippen LogP contribution is 2.29. The Balaban J connectivity index is 2.26. The molecule has 1 aromatic heterocycles. The number of aryl methyl sites for hydroxylation is 1. The number of hydrazine groups is 1. The molecule has 0 aliphatic carbocycles. The van der Waals surface area contributed by atoms with Crippen LogP contribution in [0.25, 0.3) is 0 Å². The molecular formula is C11H18N6O4. The van der Waals surface area contributed by atoms with Crippen LogP contribution < -0.4 is 16.6 Å². The van der Waals surface area contributed by atoms with Gasteiger partial charge in [0, 0.05) is 19.6 Å². The van der Waals surface area contributed by atoms with E-state index in [1.165, 1.54) is 6.92 Å². The van der Waals surface area contributed by atoms with Crippen LogP contribution in [0.3, 0.4) is 0 Å². The van der Waals surface area contributed by atoms with E-state index >= 15 is 0 Å². The van der Waals surface area contributed by atoms with Gasteiger partial charge < -0.3 is 15.2 Å². The first kappa shape index (κ1) is 15.4. The van der Waals surface area contributed by atoms with E-state index in [1.54, 1.807) is 6.92 Å². The van der Waals surface area contributed by atoms with Gasteiger partial charge in [0.05, 0.1) is 11.0 Å².